The minimum atomic E-state index is -0.249. The van der Waals surface area contributed by atoms with Crippen molar-refractivity contribution in [2.75, 3.05) is 26.8 Å². The molecule has 0 atom stereocenters. The maximum absolute atomic E-state index is 11.8. The summed E-state index contributed by atoms with van der Waals surface area (Å²) in [6.45, 7) is 2.65. The molecule has 2 amide bonds. The van der Waals surface area contributed by atoms with Crippen LogP contribution < -0.4 is 20.1 Å². The predicted molar refractivity (Wildman–Crippen MR) is 99.4 cm³/mol. The SMILES string of the molecule is COc1ccc(OCCNC(=O)CNC(=O)Cc2ccc(C)cc2)cc1. The van der Waals surface area contributed by atoms with Gasteiger partial charge in [-0.15, -0.1) is 0 Å². The highest BCUT2D eigenvalue weighted by molar-refractivity contribution is 5.85. The molecule has 0 fully saturated rings. The summed E-state index contributed by atoms with van der Waals surface area (Å²) in [5.41, 5.74) is 2.06. The van der Waals surface area contributed by atoms with Crippen LogP contribution in [0.1, 0.15) is 11.1 Å². The Bertz CT molecular complexity index is 712. The zero-order valence-electron chi connectivity index (χ0n) is 15.1. The molecule has 0 spiro atoms. The Balaban J connectivity index is 1.59. The molecule has 6 heteroatoms. The molecule has 0 saturated heterocycles. The van der Waals surface area contributed by atoms with E-state index in [4.69, 9.17) is 9.47 Å². The number of rotatable bonds is 9. The lowest BCUT2D eigenvalue weighted by atomic mass is 10.1. The molecule has 0 saturated carbocycles. The number of ether oxygens (including phenoxy) is 2. The lowest BCUT2D eigenvalue weighted by Gasteiger charge is -2.09. The van der Waals surface area contributed by atoms with Crippen LogP contribution in [0.15, 0.2) is 48.5 Å². The molecule has 0 aliphatic heterocycles. The number of nitrogens with one attached hydrogen (secondary N) is 2. The van der Waals surface area contributed by atoms with E-state index in [-0.39, 0.29) is 24.8 Å². The molecular formula is C20H24N2O4. The Morgan fingerprint density at radius 2 is 1.54 bits per heavy atom. The quantitative estimate of drug-likeness (QED) is 0.673. The van der Waals surface area contributed by atoms with Gasteiger partial charge in [0.2, 0.25) is 11.8 Å². The van der Waals surface area contributed by atoms with Crippen LogP contribution in [0.4, 0.5) is 0 Å². The van der Waals surface area contributed by atoms with Crippen molar-refractivity contribution in [3.63, 3.8) is 0 Å². The van der Waals surface area contributed by atoms with Crippen LogP contribution in [-0.4, -0.2) is 38.6 Å². The predicted octanol–water partition coefficient (Wildman–Crippen LogP) is 1.86. The Morgan fingerprint density at radius 1 is 0.885 bits per heavy atom. The molecular weight excluding hydrogens is 332 g/mol. The fourth-order valence-corrected chi connectivity index (χ4v) is 2.23. The first-order valence-electron chi connectivity index (χ1n) is 8.42. The average Bonchev–Trinajstić information content (AvgIpc) is 2.66. The van der Waals surface area contributed by atoms with E-state index in [9.17, 15) is 9.59 Å². The standard InChI is InChI=1S/C20H24N2O4/c1-15-3-5-16(6-4-15)13-19(23)22-14-20(24)21-11-12-26-18-9-7-17(25-2)8-10-18/h3-10H,11-14H2,1-2H3,(H,21,24)(H,22,23). The highest BCUT2D eigenvalue weighted by atomic mass is 16.5. The summed E-state index contributed by atoms with van der Waals surface area (Å²) in [5, 5.41) is 5.31. The molecule has 6 nitrogen and oxygen atoms in total. The Morgan fingerprint density at radius 3 is 2.19 bits per heavy atom. The van der Waals surface area contributed by atoms with E-state index in [2.05, 4.69) is 10.6 Å². The van der Waals surface area contributed by atoms with Gasteiger partial charge in [0.25, 0.3) is 0 Å². The van der Waals surface area contributed by atoms with Gasteiger partial charge in [-0.1, -0.05) is 29.8 Å². The van der Waals surface area contributed by atoms with Crippen molar-refractivity contribution in [1.29, 1.82) is 0 Å². The van der Waals surface area contributed by atoms with Gasteiger partial charge in [0, 0.05) is 0 Å². The lowest BCUT2D eigenvalue weighted by Crippen LogP contribution is -2.39. The van der Waals surface area contributed by atoms with Gasteiger partial charge in [0.1, 0.15) is 18.1 Å². The minimum Gasteiger partial charge on any atom is -0.497 e. The van der Waals surface area contributed by atoms with Gasteiger partial charge in [-0.25, -0.2) is 0 Å². The summed E-state index contributed by atoms with van der Waals surface area (Å²) in [6.07, 6.45) is 0.258. The molecule has 0 radical (unpaired) electrons. The van der Waals surface area contributed by atoms with Gasteiger partial charge < -0.3 is 20.1 Å². The average molecular weight is 356 g/mol. The number of hydrogen-bond acceptors (Lipinski definition) is 4. The smallest absolute Gasteiger partial charge is 0.239 e. The fourth-order valence-electron chi connectivity index (χ4n) is 2.23. The Hall–Kier alpha value is -3.02. The second-order valence-electron chi connectivity index (χ2n) is 5.81. The summed E-state index contributed by atoms with van der Waals surface area (Å²) in [4.78, 5) is 23.6. The molecule has 2 rings (SSSR count). The molecule has 0 heterocycles. The number of amides is 2. The van der Waals surface area contributed by atoms with E-state index < -0.39 is 0 Å². The molecule has 0 bridgehead atoms. The van der Waals surface area contributed by atoms with Crippen molar-refractivity contribution in [2.24, 2.45) is 0 Å². The molecule has 0 aliphatic carbocycles. The summed E-state index contributed by atoms with van der Waals surface area (Å²) in [7, 11) is 1.60. The van der Waals surface area contributed by atoms with Crippen molar-refractivity contribution in [1.82, 2.24) is 10.6 Å². The fraction of sp³-hybridized carbons (Fsp3) is 0.300. The number of aryl methyl sites for hydroxylation is 1. The lowest BCUT2D eigenvalue weighted by molar-refractivity contribution is -0.125. The van der Waals surface area contributed by atoms with Gasteiger partial charge in [-0.05, 0) is 36.8 Å². The van der Waals surface area contributed by atoms with Gasteiger partial charge in [-0.2, -0.15) is 0 Å². The second kappa shape index (κ2) is 10.1. The number of methoxy groups -OCH3 is 1. The van der Waals surface area contributed by atoms with Crippen LogP contribution in [0.5, 0.6) is 11.5 Å². The molecule has 138 valence electrons. The van der Waals surface area contributed by atoms with E-state index in [0.717, 1.165) is 16.9 Å². The maximum Gasteiger partial charge on any atom is 0.239 e. The highest BCUT2D eigenvalue weighted by Crippen LogP contribution is 2.16. The van der Waals surface area contributed by atoms with Crippen molar-refractivity contribution in [3.05, 3.63) is 59.7 Å². The van der Waals surface area contributed by atoms with Crippen LogP contribution in [-0.2, 0) is 16.0 Å². The van der Waals surface area contributed by atoms with Gasteiger partial charge in [0.05, 0.1) is 26.6 Å². The summed E-state index contributed by atoms with van der Waals surface area (Å²) >= 11 is 0. The number of carbonyl (C=O) groups excluding carboxylic acids is 2. The highest BCUT2D eigenvalue weighted by Gasteiger charge is 2.06. The summed E-state index contributed by atoms with van der Waals surface area (Å²) in [6, 6.07) is 14.9. The van der Waals surface area contributed by atoms with E-state index in [1.54, 1.807) is 31.4 Å². The van der Waals surface area contributed by atoms with E-state index in [0.29, 0.717) is 18.9 Å². The first-order chi connectivity index (χ1) is 12.6. The van der Waals surface area contributed by atoms with E-state index >= 15 is 0 Å². The normalized spacial score (nSPS) is 10.1. The second-order valence-corrected chi connectivity index (χ2v) is 5.81. The van der Waals surface area contributed by atoms with Crippen molar-refractivity contribution < 1.29 is 19.1 Å². The number of benzene rings is 2. The first kappa shape index (κ1) is 19.3. The molecule has 26 heavy (non-hydrogen) atoms. The molecule has 0 unspecified atom stereocenters. The third-order valence-electron chi connectivity index (χ3n) is 3.68. The number of hydrogen-bond donors (Lipinski definition) is 2. The minimum absolute atomic E-state index is 0.0484. The van der Waals surface area contributed by atoms with Crippen LogP contribution in [0.3, 0.4) is 0 Å². The third-order valence-corrected chi connectivity index (χ3v) is 3.68. The molecule has 0 aliphatic rings. The largest absolute Gasteiger partial charge is 0.497 e. The van der Waals surface area contributed by atoms with E-state index in [1.165, 1.54) is 0 Å². The van der Waals surface area contributed by atoms with Crippen molar-refractivity contribution in [3.8, 4) is 11.5 Å². The Labute approximate surface area is 153 Å². The maximum atomic E-state index is 11.8. The van der Waals surface area contributed by atoms with Crippen LogP contribution in [0, 0.1) is 6.92 Å². The molecule has 2 aromatic carbocycles. The molecule has 2 N–H and O–H groups in total. The van der Waals surface area contributed by atoms with E-state index in [1.807, 2.05) is 31.2 Å². The molecule has 0 aromatic heterocycles. The summed E-state index contributed by atoms with van der Waals surface area (Å²) < 4.78 is 10.6. The van der Waals surface area contributed by atoms with Gasteiger partial charge >= 0.3 is 0 Å². The molecule has 2 aromatic rings. The van der Waals surface area contributed by atoms with Crippen LogP contribution >= 0.6 is 0 Å². The van der Waals surface area contributed by atoms with Gasteiger partial charge in [0.15, 0.2) is 0 Å². The number of carbonyl (C=O) groups is 2. The Kier molecular flexibility index (Phi) is 7.49. The van der Waals surface area contributed by atoms with Crippen LogP contribution in [0.25, 0.3) is 0 Å². The third kappa shape index (κ3) is 6.84. The topological polar surface area (TPSA) is 76.7 Å². The summed E-state index contributed by atoms with van der Waals surface area (Å²) in [5.74, 6) is 1.03. The zero-order valence-corrected chi connectivity index (χ0v) is 15.1. The van der Waals surface area contributed by atoms with Crippen LogP contribution in [0.2, 0.25) is 0 Å². The van der Waals surface area contributed by atoms with Gasteiger partial charge in [-0.3, -0.25) is 9.59 Å². The van der Waals surface area contributed by atoms with Crippen molar-refractivity contribution in [2.45, 2.75) is 13.3 Å². The first-order valence-corrected chi connectivity index (χ1v) is 8.42. The van der Waals surface area contributed by atoms with Crippen molar-refractivity contribution >= 4 is 11.8 Å². The zero-order chi connectivity index (χ0) is 18.8. The monoisotopic (exact) mass is 356 g/mol.